The van der Waals surface area contributed by atoms with Crippen LogP contribution in [-0.4, -0.2) is 40.7 Å². The lowest BCUT2D eigenvalue weighted by atomic mass is 10.1. The average Bonchev–Trinajstić information content (AvgIpc) is 2.96. The summed E-state index contributed by atoms with van der Waals surface area (Å²) in [5.74, 6) is 3.04. The first-order valence-corrected chi connectivity index (χ1v) is 8.45. The second-order valence-corrected chi connectivity index (χ2v) is 6.08. The maximum atomic E-state index is 9.25. The molecule has 6 heteroatoms. The number of allylic oxidation sites excluding steroid dienone is 2. The summed E-state index contributed by atoms with van der Waals surface area (Å²) in [6.07, 6.45) is 4.52. The number of aryl methyl sites for hydroxylation is 1. The van der Waals surface area contributed by atoms with E-state index in [1.807, 2.05) is 18.2 Å². The molecule has 0 bridgehead atoms. The predicted octanol–water partition coefficient (Wildman–Crippen LogP) is 2.78. The molecule has 136 valence electrons. The molecule has 1 aromatic carbocycles. The van der Waals surface area contributed by atoms with Gasteiger partial charge in [0.05, 0.1) is 27.4 Å². The van der Waals surface area contributed by atoms with Gasteiger partial charge in [-0.2, -0.15) is 5.10 Å². The van der Waals surface area contributed by atoms with E-state index in [0.29, 0.717) is 24.5 Å². The average molecular weight is 345 g/mol. The van der Waals surface area contributed by atoms with Gasteiger partial charge in [-0.05, 0) is 38.0 Å². The number of aliphatic hydroxyl groups excluding tert-OH is 1. The lowest BCUT2D eigenvalue weighted by Gasteiger charge is -2.08. The summed E-state index contributed by atoms with van der Waals surface area (Å²) < 4.78 is 12.4. The van der Waals surface area contributed by atoms with Crippen molar-refractivity contribution in [2.24, 2.45) is 0 Å². The number of methoxy groups -OCH3 is 2. The third-order valence-corrected chi connectivity index (χ3v) is 3.83. The van der Waals surface area contributed by atoms with Crippen LogP contribution in [0.4, 0.5) is 0 Å². The first-order chi connectivity index (χ1) is 12.1. The topological polar surface area (TPSA) is 69.4 Å². The van der Waals surface area contributed by atoms with Crippen molar-refractivity contribution in [3.05, 3.63) is 47.1 Å². The number of rotatable bonds is 9. The van der Waals surface area contributed by atoms with E-state index in [-0.39, 0.29) is 6.61 Å². The number of hydrogen-bond donors (Lipinski definition) is 1. The molecule has 0 atom stereocenters. The highest BCUT2D eigenvalue weighted by Crippen LogP contribution is 2.28. The molecule has 0 amide bonds. The molecule has 0 saturated carbocycles. The minimum atomic E-state index is 0.0504. The van der Waals surface area contributed by atoms with E-state index in [1.165, 1.54) is 5.57 Å². The Morgan fingerprint density at radius 2 is 1.96 bits per heavy atom. The molecular weight excluding hydrogens is 318 g/mol. The number of aromatic nitrogens is 3. The fourth-order valence-corrected chi connectivity index (χ4v) is 2.62. The van der Waals surface area contributed by atoms with Crippen LogP contribution in [0, 0.1) is 0 Å². The van der Waals surface area contributed by atoms with Crippen molar-refractivity contribution in [3.8, 4) is 11.5 Å². The second kappa shape index (κ2) is 9.22. The molecule has 2 aromatic rings. The molecule has 0 radical (unpaired) electrons. The molecule has 2 rings (SSSR count). The van der Waals surface area contributed by atoms with Crippen LogP contribution in [0.5, 0.6) is 11.5 Å². The minimum Gasteiger partial charge on any atom is -0.493 e. The number of aliphatic hydroxyl groups is 1. The summed E-state index contributed by atoms with van der Waals surface area (Å²) in [6, 6.07) is 5.81. The Labute approximate surface area is 149 Å². The van der Waals surface area contributed by atoms with Gasteiger partial charge in [0.1, 0.15) is 5.82 Å². The minimum absolute atomic E-state index is 0.0504. The molecule has 0 fully saturated rings. The summed E-state index contributed by atoms with van der Waals surface area (Å²) >= 11 is 0. The van der Waals surface area contributed by atoms with Crippen molar-refractivity contribution < 1.29 is 14.6 Å². The van der Waals surface area contributed by atoms with Crippen molar-refractivity contribution in [2.45, 2.75) is 39.7 Å². The molecule has 1 aromatic heterocycles. The van der Waals surface area contributed by atoms with Crippen molar-refractivity contribution in [1.82, 2.24) is 14.8 Å². The SMILES string of the molecule is COc1ccc(Cc2nc(CCC=C(C)C)n(CCO)n2)cc1OC. The Kier molecular flexibility index (Phi) is 7.01. The van der Waals surface area contributed by atoms with Crippen LogP contribution in [0.25, 0.3) is 0 Å². The van der Waals surface area contributed by atoms with Gasteiger partial charge in [-0.1, -0.05) is 17.7 Å². The van der Waals surface area contributed by atoms with E-state index in [0.717, 1.165) is 30.1 Å². The molecule has 0 spiro atoms. The van der Waals surface area contributed by atoms with E-state index in [1.54, 1.807) is 18.9 Å². The molecule has 0 aliphatic rings. The zero-order valence-corrected chi connectivity index (χ0v) is 15.5. The van der Waals surface area contributed by atoms with Gasteiger partial charge in [0.2, 0.25) is 0 Å². The van der Waals surface area contributed by atoms with Crippen molar-refractivity contribution >= 4 is 0 Å². The van der Waals surface area contributed by atoms with Crippen LogP contribution < -0.4 is 9.47 Å². The summed E-state index contributed by atoms with van der Waals surface area (Å²) in [7, 11) is 3.24. The van der Waals surface area contributed by atoms with Gasteiger partial charge in [-0.25, -0.2) is 9.67 Å². The van der Waals surface area contributed by atoms with E-state index in [2.05, 4.69) is 30.0 Å². The van der Waals surface area contributed by atoms with Crippen molar-refractivity contribution in [3.63, 3.8) is 0 Å². The highest BCUT2D eigenvalue weighted by atomic mass is 16.5. The fourth-order valence-electron chi connectivity index (χ4n) is 2.62. The van der Waals surface area contributed by atoms with E-state index in [9.17, 15) is 5.11 Å². The standard InChI is InChI=1S/C19H27N3O3/c1-14(2)6-5-7-19-20-18(21-22(19)10-11-23)13-15-8-9-16(24-3)17(12-15)25-4/h6,8-9,12,23H,5,7,10-11,13H2,1-4H3. The van der Waals surface area contributed by atoms with Gasteiger partial charge in [-0.15, -0.1) is 0 Å². The van der Waals surface area contributed by atoms with Crippen molar-refractivity contribution in [1.29, 1.82) is 0 Å². The van der Waals surface area contributed by atoms with Gasteiger partial charge < -0.3 is 14.6 Å². The monoisotopic (exact) mass is 345 g/mol. The van der Waals surface area contributed by atoms with Gasteiger partial charge in [0.25, 0.3) is 0 Å². The Hall–Kier alpha value is -2.34. The Morgan fingerprint density at radius 3 is 2.60 bits per heavy atom. The first kappa shape index (κ1) is 19.0. The van der Waals surface area contributed by atoms with Gasteiger partial charge in [0.15, 0.2) is 17.3 Å². The number of benzene rings is 1. The van der Waals surface area contributed by atoms with Crippen LogP contribution in [0.1, 0.15) is 37.5 Å². The van der Waals surface area contributed by atoms with Gasteiger partial charge >= 0.3 is 0 Å². The summed E-state index contributed by atoms with van der Waals surface area (Å²) in [5, 5.41) is 13.8. The lowest BCUT2D eigenvalue weighted by Crippen LogP contribution is -2.08. The summed E-state index contributed by atoms with van der Waals surface area (Å²) in [4.78, 5) is 4.66. The normalized spacial score (nSPS) is 10.6. The smallest absolute Gasteiger partial charge is 0.161 e. The maximum Gasteiger partial charge on any atom is 0.161 e. The third kappa shape index (κ3) is 5.32. The lowest BCUT2D eigenvalue weighted by molar-refractivity contribution is 0.266. The summed E-state index contributed by atoms with van der Waals surface area (Å²) in [6.45, 7) is 4.68. The van der Waals surface area contributed by atoms with Gasteiger partial charge in [-0.3, -0.25) is 0 Å². The molecule has 1 N–H and O–H groups in total. The molecule has 0 saturated heterocycles. The molecular formula is C19H27N3O3. The molecule has 6 nitrogen and oxygen atoms in total. The highest BCUT2D eigenvalue weighted by molar-refractivity contribution is 5.43. The largest absolute Gasteiger partial charge is 0.493 e. The summed E-state index contributed by atoms with van der Waals surface area (Å²) in [5.41, 5.74) is 2.34. The number of ether oxygens (including phenoxy) is 2. The Balaban J connectivity index is 2.17. The van der Waals surface area contributed by atoms with Crippen LogP contribution in [0.2, 0.25) is 0 Å². The van der Waals surface area contributed by atoms with Crippen LogP contribution in [0.3, 0.4) is 0 Å². The quantitative estimate of drug-likeness (QED) is 0.708. The third-order valence-electron chi connectivity index (χ3n) is 3.83. The first-order valence-electron chi connectivity index (χ1n) is 8.45. The molecule has 0 aliphatic carbocycles. The Bertz CT molecular complexity index is 719. The van der Waals surface area contributed by atoms with Crippen LogP contribution >= 0.6 is 0 Å². The molecule has 0 unspecified atom stereocenters. The van der Waals surface area contributed by atoms with Crippen LogP contribution in [-0.2, 0) is 19.4 Å². The van der Waals surface area contributed by atoms with E-state index in [4.69, 9.17) is 9.47 Å². The molecule has 0 aliphatic heterocycles. The maximum absolute atomic E-state index is 9.25. The van der Waals surface area contributed by atoms with E-state index < -0.39 is 0 Å². The van der Waals surface area contributed by atoms with Crippen LogP contribution in [0.15, 0.2) is 29.8 Å². The highest BCUT2D eigenvalue weighted by Gasteiger charge is 2.11. The van der Waals surface area contributed by atoms with Gasteiger partial charge in [0, 0.05) is 12.8 Å². The molecule has 25 heavy (non-hydrogen) atoms. The number of hydrogen-bond acceptors (Lipinski definition) is 5. The van der Waals surface area contributed by atoms with E-state index >= 15 is 0 Å². The Morgan fingerprint density at radius 1 is 1.20 bits per heavy atom. The number of nitrogens with zero attached hydrogens (tertiary/aromatic N) is 3. The second-order valence-electron chi connectivity index (χ2n) is 6.08. The molecule has 1 heterocycles. The fraction of sp³-hybridized carbons (Fsp3) is 0.474. The predicted molar refractivity (Wildman–Crippen MR) is 97.2 cm³/mol. The zero-order valence-electron chi connectivity index (χ0n) is 15.5. The zero-order chi connectivity index (χ0) is 18.2. The van der Waals surface area contributed by atoms with Crippen molar-refractivity contribution in [2.75, 3.05) is 20.8 Å².